The van der Waals surface area contributed by atoms with Crippen molar-refractivity contribution in [3.8, 4) is 16.9 Å². The molecule has 0 bridgehead atoms. The van der Waals surface area contributed by atoms with Gasteiger partial charge in [0.1, 0.15) is 5.75 Å². The largest absolute Gasteiger partial charge is 0.497 e. The van der Waals surface area contributed by atoms with Gasteiger partial charge in [0.25, 0.3) is 0 Å². The van der Waals surface area contributed by atoms with Gasteiger partial charge < -0.3 is 15.4 Å². The summed E-state index contributed by atoms with van der Waals surface area (Å²) in [5, 5.41) is 0. The SMILES string of the molecule is COc1ccc(-c2cnc(N)nc2[C@H]2CCCN(CCc3ccccc3)C2)cc1. The van der Waals surface area contributed by atoms with Crippen LogP contribution in [0.3, 0.4) is 0 Å². The van der Waals surface area contributed by atoms with Gasteiger partial charge in [-0.2, -0.15) is 0 Å². The van der Waals surface area contributed by atoms with E-state index in [1.807, 2.05) is 18.3 Å². The van der Waals surface area contributed by atoms with Gasteiger partial charge >= 0.3 is 0 Å². The molecule has 0 spiro atoms. The lowest BCUT2D eigenvalue weighted by molar-refractivity contribution is 0.208. The van der Waals surface area contributed by atoms with E-state index in [9.17, 15) is 0 Å². The highest BCUT2D eigenvalue weighted by molar-refractivity contribution is 5.67. The van der Waals surface area contributed by atoms with E-state index >= 15 is 0 Å². The van der Waals surface area contributed by atoms with Gasteiger partial charge in [0.2, 0.25) is 5.95 Å². The Morgan fingerprint density at radius 3 is 2.66 bits per heavy atom. The minimum absolute atomic E-state index is 0.346. The lowest BCUT2D eigenvalue weighted by Crippen LogP contribution is -2.36. The van der Waals surface area contributed by atoms with Crippen LogP contribution in [0.25, 0.3) is 11.1 Å². The van der Waals surface area contributed by atoms with Crippen LogP contribution in [0.15, 0.2) is 60.8 Å². The molecule has 29 heavy (non-hydrogen) atoms. The highest BCUT2D eigenvalue weighted by Crippen LogP contribution is 2.34. The first-order valence-electron chi connectivity index (χ1n) is 10.3. The van der Waals surface area contributed by atoms with Gasteiger partial charge in [0.05, 0.1) is 12.8 Å². The van der Waals surface area contributed by atoms with Crippen LogP contribution >= 0.6 is 0 Å². The Hall–Kier alpha value is -2.92. The quantitative estimate of drug-likeness (QED) is 0.687. The van der Waals surface area contributed by atoms with E-state index in [1.54, 1.807) is 7.11 Å². The minimum atomic E-state index is 0.346. The summed E-state index contributed by atoms with van der Waals surface area (Å²) in [5.41, 5.74) is 10.6. The number of aromatic nitrogens is 2. The van der Waals surface area contributed by atoms with Crippen molar-refractivity contribution < 1.29 is 4.74 Å². The lowest BCUT2D eigenvalue weighted by Gasteiger charge is -2.33. The van der Waals surface area contributed by atoms with Crippen molar-refractivity contribution in [3.63, 3.8) is 0 Å². The number of hydrogen-bond acceptors (Lipinski definition) is 5. The van der Waals surface area contributed by atoms with Crippen LogP contribution in [-0.2, 0) is 6.42 Å². The molecule has 2 N–H and O–H groups in total. The molecule has 1 aliphatic heterocycles. The third kappa shape index (κ3) is 4.74. The molecule has 2 heterocycles. The molecule has 1 aliphatic rings. The summed E-state index contributed by atoms with van der Waals surface area (Å²) in [4.78, 5) is 11.5. The van der Waals surface area contributed by atoms with Gasteiger partial charge in [0.15, 0.2) is 0 Å². The molecule has 0 amide bonds. The van der Waals surface area contributed by atoms with Gasteiger partial charge in [-0.1, -0.05) is 42.5 Å². The van der Waals surface area contributed by atoms with Crippen LogP contribution in [0.1, 0.15) is 30.0 Å². The van der Waals surface area contributed by atoms with Crippen LogP contribution in [0.5, 0.6) is 5.75 Å². The maximum absolute atomic E-state index is 5.97. The molecule has 2 aromatic carbocycles. The van der Waals surface area contributed by atoms with Crippen LogP contribution in [0.2, 0.25) is 0 Å². The molecule has 0 saturated carbocycles. The van der Waals surface area contributed by atoms with E-state index in [2.05, 4.69) is 57.3 Å². The van der Waals surface area contributed by atoms with E-state index < -0.39 is 0 Å². The Labute approximate surface area is 172 Å². The Bertz CT molecular complexity index is 927. The predicted molar refractivity (Wildman–Crippen MR) is 117 cm³/mol. The molecule has 0 unspecified atom stereocenters. The van der Waals surface area contributed by atoms with Crippen molar-refractivity contribution in [2.45, 2.75) is 25.2 Å². The molecule has 1 fully saturated rings. The zero-order valence-corrected chi connectivity index (χ0v) is 16.9. The second-order valence-electron chi connectivity index (χ2n) is 7.63. The number of hydrogen-bond donors (Lipinski definition) is 1. The molecule has 1 atom stereocenters. The molecule has 150 valence electrons. The minimum Gasteiger partial charge on any atom is -0.497 e. The molecule has 0 aliphatic carbocycles. The van der Waals surface area contributed by atoms with E-state index in [1.165, 1.54) is 12.0 Å². The third-order valence-electron chi connectivity index (χ3n) is 5.69. The summed E-state index contributed by atoms with van der Waals surface area (Å²) in [6.07, 6.45) is 5.24. The summed E-state index contributed by atoms with van der Waals surface area (Å²) < 4.78 is 5.29. The summed E-state index contributed by atoms with van der Waals surface area (Å²) in [6, 6.07) is 18.8. The highest BCUT2D eigenvalue weighted by Gasteiger charge is 2.25. The molecule has 1 aromatic heterocycles. The van der Waals surface area contributed by atoms with Crippen LogP contribution < -0.4 is 10.5 Å². The number of anilines is 1. The van der Waals surface area contributed by atoms with E-state index in [-0.39, 0.29) is 0 Å². The zero-order chi connectivity index (χ0) is 20.1. The standard InChI is InChI=1S/C24H28N4O/c1-29-21-11-9-19(10-12-21)22-16-26-24(25)27-23(22)20-8-5-14-28(17-20)15-13-18-6-3-2-4-7-18/h2-4,6-7,9-12,16,20H,5,8,13-15,17H2,1H3,(H2,25,26,27)/t20-/m0/s1. The Kier molecular flexibility index (Phi) is 6.06. The molecule has 0 radical (unpaired) electrons. The molecular formula is C24H28N4O. The summed E-state index contributed by atoms with van der Waals surface area (Å²) in [7, 11) is 1.68. The number of nitrogens with two attached hydrogens (primary N) is 1. The van der Waals surface area contributed by atoms with Crippen LogP contribution in [0, 0.1) is 0 Å². The number of ether oxygens (including phenoxy) is 1. The number of rotatable bonds is 6. The number of methoxy groups -OCH3 is 1. The van der Waals surface area contributed by atoms with Crippen molar-refractivity contribution in [3.05, 3.63) is 72.1 Å². The van der Waals surface area contributed by atoms with Crippen molar-refractivity contribution >= 4 is 5.95 Å². The maximum Gasteiger partial charge on any atom is 0.220 e. The number of likely N-dealkylation sites (tertiary alicyclic amines) is 1. The van der Waals surface area contributed by atoms with Gasteiger partial charge in [0, 0.05) is 30.8 Å². The molecule has 1 saturated heterocycles. The fourth-order valence-electron chi connectivity index (χ4n) is 4.13. The second-order valence-corrected chi connectivity index (χ2v) is 7.63. The topological polar surface area (TPSA) is 64.3 Å². The summed E-state index contributed by atoms with van der Waals surface area (Å²) >= 11 is 0. The molecule has 3 aromatic rings. The monoisotopic (exact) mass is 388 g/mol. The molecular weight excluding hydrogens is 360 g/mol. The normalized spacial score (nSPS) is 17.2. The maximum atomic E-state index is 5.97. The summed E-state index contributed by atoms with van der Waals surface area (Å²) in [6.45, 7) is 3.22. The van der Waals surface area contributed by atoms with E-state index in [0.29, 0.717) is 11.9 Å². The van der Waals surface area contributed by atoms with Gasteiger partial charge in [-0.25, -0.2) is 9.97 Å². The summed E-state index contributed by atoms with van der Waals surface area (Å²) in [5.74, 6) is 1.55. The smallest absolute Gasteiger partial charge is 0.220 e. The number of nitrogen functional groups attached to an aromatic ring is 1. The Balaban J connectivity index is 1.52. The van der Waals surface area contributed by atoms with E-state index in [4.69, 9.17) is 10.5 Å². The van der Waals surface area contributed by atoms with Gasteiger partial charge in [-0.15, -0.1) is 0 Å². The zero-order valence-electron chi connectivity index (χ0n) is 16.9. The first kappa shape index (κ1) is 19.4. The van der Waals surface area contributed by atoms with Crippen LogP contribution in [0.4, 0.5) is 5.95 Å². The first-order chi connectivity index (χ1) is 14.2. The second kappa shape index (κ2) is 9.05. The fourth-order valence-corrected chi connectivity index (χ4v) is 4.13. The number of nitrogens with zero attached hydrogens (tertiary/aromatic N) is 3. The highest BCUT2D eigenvalue weighted by atomic mass is 16.5. The number of piperidine rings is 1. The van der Waals surface area contributed by atoms with Crippen molar-refractivity contribution in [1.29, 1.82) is 0 Å². The van der Waals surface area contributed by atoms with Crippen molar-refractivity contribution in [2.75, 3.05) is 32.5 Å². The average molecular weight is 389 g/mol. The number of benzene rings is 2. The van der Waals surface area contributed by atoms with Gasteiger partial charge in [-0.05, 0) is 49.1 Å². The first-order valence-corrected chi connectivity index (χ1v) is 10.3. The van der Waals surface area contributed by atoms with E-state index in [0.717, 1.165) is 55.0 Å². The van der Waals surface area contributed by atoms with Crippen LogP contribution in [-0.4, -0.2) is 41.6 Å². The Morgan fingerprint density at radius 1 is 1.10 bits per heavy atom. The molecule has 5 heteroatoms. The van der Waals surface area contributed by atoms with Gasteiger partial charge in [-0.3, -0.25) is 0 Å². The van der Waals surface area contributed by atoms with Crippen molar-refractivity contribution in [2.24, 2.45) is 0 Å². The fraction of sp³-hybridized carbons (Fsp3) is 0.333. The average Bonchev–Trinajstić information content (AvgIpc) is 2.79. The van der Waals surface area contributed by atoms with Crippen molar-refractivity contribution in [1.82, 2.24) is 14.9 Å². The predicted octanol–water partition coefficient (Wildman–Crippen LogP) is 4.16. The molecule has 5 nitrogen and oxygen atoms in total. The third-order valence-corrected chi connectivity index (χ3v) is 5.69. The molecule has 4 rings (SSSR count). The Morgan fingerprint density at radius 2 is 1.90 bits per heavy atom. The lowest BCUT2D eigenvalue weighted by atomic mass is 9.89.